The third-order valence-corrected chi connectivity index (χ3v) is 2.52. The fourth-order valence-electron chi connectivity index (χ4n) is 1.49. The molecule has 98 valence electrons. The summed E-state index contributed by atoms with van der Waals surface area (Å²) >= 11 is 0. The summed E-state index contributed by atoms with van der Waals surface area (Å²) in [6, 6.07) is 6.79. The lowest BCUT2D eigenvalue weighted by atomic mass is 10.0. The van der Waals surface area contributed by atoms with E-state index in [-0.39, 0.29) is 13.0 Å². The van der Waals surface area contributed by atoms with E-state index in [4.69, 9.17) is 14.6 Å². The van der Waals surface area contributed by atoms with Crippen molar-refractivity contribution in [3.05, 3.63) is 24.3 Å². The Labute approximate surface area is 105 Å². The van der Waals surface area contributed by atoms with Gasteiger partial charge in [0, 0.05) is 6.07 Å². The highest BCUT2D eigenvalue weighted by Gasteiger charge is 2.24. The van der Waals surface area contributed by atoms with Gasteiger partial charge < -0.3 is 14.6 Å². The highest BCUT2D eigenvalue weighted by atomic mass is 16.5. The molecule has 5 heteroatoms. The largest absolute Gasteiger partial charge is 0.497 e. The number of aliphatic carboxylic acids is 1. The van der Waals surface area contributed by atoms with Crippen LogP contribution in [0.3, 0.4) is 0 Å². The zero-order valence-electron chi connectivity index (χ0n) is 10.4. The molecule has 0 bridgehead atoms. The van der Waals surface area contributed by atoms with Crippen molar-refractivity contribution in [2.45, 2.75) is 13.3 Å². The van der Waals surface area contributed by atoms with Gasteiger partial charge in [0.15, 0.2) is 5.78 Å². The second-order valence-corrected chi connectivity index (χ2v) is 3.73. The molecule has 0 aliphatic carbocycles. The maximum atomic E-state index is 11.6. The average molecular weight is 252 g/mol. The number of Topliss-reactive ketones (excluding diaryl/α,β-unsaturated/α-hetero) is 1. The van der Waals surface area contributed by atoms with Crippen LogP contribution in [0.15, 0.2) is 24.3 Å². The lowest BCUT2D eigenvalue weighted by molar-refractivity contribution is -0.147. The number of hydrogen-bond acceptors (Lipinski definition) is 4. The first-order chi connectivity index (χ1) is 8.58. The third-order valence-electron chi connectivity index (χ3n) is 2.52. The van der Waals surface area contributed by atoms with Crippen molar-refractivity contribution >= 4 is 11.8 Å². The Balaban J connectivity index is 2.59. The first-order valence-electron chi connectivity index (χ1n) is 5.60. The summed E-state index contributed by atoms with van der Waals surface area (Å²) < 4.78 is 10.3. The number of hydrogen-bond donors (Lipinski definition) is 1. The van der Waals surface area contributed by atoms with Crippen molar-refractivity contribution in [3.63, 3.8) is 0 Å². The van der Waals surface area contributed by atoms with E-state index in [0.29, 0.717) is 11.5 Å². The topological polar surface area (TPSA) is 72.8 Å². The molecule has 0 aliphatic rings. The van der Waals surface area contributed by atoms with E-state index < -0.39 is 17.7 Å². The van der Waals surface area contributed by atoms with E-state index >= 15 is 0 Å². The van der Waals surface area contributed by atoms with Crippen molar-refractivity contribution < 1.29 is 24.2 Å². The molecule has 18 heavy (non-hydrogen) atoms. The smallest absolute Gasteiger partial charge is 0.314 e. The molecule has 1 atom stereocenters. The van der Waals surface area contributed by atoms with Gasteiger partial charge in [-0.2, -0.15) is 0 Å². The van der Waals surface area contributed by atoms with Crippen LogP contribution in [0.1, 0.15) is 13.3 Å². The van der Waals surface area contributed by atoms with Crippen LogP contribution in [-0.4, -0.2) is 30.6 Å². The van der Waals surface area contributed by atoms with Crippen LogP contribution in [0.25, 0.3) is 0 Å². The van der Waals surface area contributed by atoms with Crippen LogP contribution >= 0.6 is 0 Å². The second-order valence-electron chi connectivity index (χ2n) is 3.73. The molecular formula is C13H16O5. The first kappa shape index (κ1) is 14.0. The molecule has 1 unspecified atom stereocenters. The number of ether oxygens (including phenoxy) is 2. The molecule has 0 saturated carbocycles. The van der Waals surface area contributed by atoms with Crippen LogP contribution in [0.4, 0.5) is 0 Å². The molecule has 1 rings (SSSR count). The number of rotatable bonds is 7. The highest BCUT2D eigenvalue weighted by molar-refractivity contribution is 5.98. The lowest BCUT2D eigenvalue weighted by Crippen LogP contribution is -2.27. The average Bonchev–Trinajstić information content (AvgIpc) is 2.37. The Hall–Kier alpha value is -2.04. The Morgan fingerprint density at radius 2 is 2.00 bits per heavy atom. The molecule has 1 aromatic rings. The number of methoxy groups -OCH3 is 1. The van der Waals surface area contributed by atoms with Gasteiger partial charge in [0.2, 0.25) is 0 Å². The summed E-state index contributed by atoms with van der Waals surface area (Å²) in [5.74, 6) is -1.46. The van der Waals surface area contributed by atoms with Crippen molar-refractivity contribution in [1.82, 2.24) is 0 Å². The first-order valence-corrected chi connectivity index (χ1v) is 5.60. The number of benzene rings is 1. The zero-order valence-corrected chi connectivity index (χ0v) is 10.4. The van der Waals surface area contributed by atoms with E-state index in [2.05, 4.69) is 0 Å². The van der Waals surface area contributed by atoms with Gasteiger partial charge in [-0.25, -0.2) is 0 Å². The summed E-state index contributed by atoms with van der Waals surface area (Å²) in [6.07, 6.45) is 0.260. The van der Waals surface area contributed by atoms with Crippen LogP contribution in [0, 0.1) is 5.92 Å². The molecule has 0 fully saturated rings. The van der Waals surface area contributed by atoms with Crippen molar-refractivity contribution in [1.29, 1.82) is 0 Å². The fourth-order valence-corrected chi connectivity index (χ4v) is 1.49. The molecular weight excluding hydrogens is 236 g/mol. The van der Waals surface area contributed by atoms with Crippen LogP contribution < -0.4 is 9.47 Å². The molecule has 0 aliphatic heterocycles. The summed E-state index contributed by atoms with van der Waals surface area (Å²) in [5.41, 5.74) is 0. The molecule has 5 nitrogen and oxygen atoms in total. The number of carboxylic acid groups (broad SMARTS) is 1. The molecule has 0 heterocycles. The molecule has 0 radical (unpaired) electrons. The van der Waals surface area contributed by atoms with E-state index in [1.54, 1.807) is 31.2 Å². The van der Waals surface area contributed by atoms with E-state index in [1.807, 2.05) is 0 Å². The maximum Gasteiger partial charge on any atom is 0.314 e. The molecule has 0 saturated heterocycles. The van der Waals surface area contributed by atoms with Gasteiger partial charge in [-0.3, -0.25) is 9.59 Å². The summed E-state index contributed by atoms with van der Waals surface area (Å²) in [5, 5.41) is 8.83. The van der Waals surface area contributed by atoms with Gasteiger partial charge in [0.1, 0.15) is 24.0 Å². The molecule has 0 amide bonds. The van der Waals surface area contributed by atoms with Gasteiger partial charge in [0.05, 0.1) is 7.11 Å². The maximum absolute atomic E-state index is 11.6. The second kappa shape index (κ2) is 6.64. The normalized spacial score (nSPS) is 11.7. The molecule has 0 spiro atoms. The van der Waals surface area contributed by atoms with Gasteiger partial charge in [-0.05, 0) is 18.6 Å². The predicted molar refractivity (Wildman–Crippen MR) is 64.9 cm³/mol. The van der Waals surface area contributed by atoms with Crippen molar-refractivity contribution in [3.8, 4) is 11.5 Å². The van der Waals surface area contributed by atoms with E-state index in [1.165, 1.54) is 7.11 Å². The molecule has 1 aromatic carbocycles. The lowest BCUT2D eigenvalue weighted by Gasteiger charge is -2.10. The standard InChI is InChI=1S/C13H16O5/c1-3-11(13(15)16)12(14)8-18-10-6-4-5-9(7-10)17-2/h4-7,11H,3,8H2,1-2H3,(H,15,16). The fraction of sp³-hybridized carbons (Fsp3) is 0.385. The van der Waals surface area contributed by atoms with Gasteiger partial charge in [0.25, 0.3) is 0 Å². The monoisotopic (exact) mass is 252 g/mol. The minimum atomic E-state index is -1.11. The summed E-state index contributed by atoms with van der Waals surface area (Å²) in [7, 11) is 1.53. The molecule has 1 N–H and O–H groups in total. The Kier molecular flexibility index (Phi) is 5.17. The quantitative estimate of drug-likeness (QED) is 0.748. The number of carbonyl (C=O) groups is 2. The van der Waals surface area contributed by atoms with Crippen molar-refractivity contribution in [2.75, 3.05) is 13.7 Å². The minimum absolute atomic E-state index is 0.252. The Morgan fingerprint density at radius 3 is 2.56 bits per heavy atom. The predicted octanol–water partition coefficient (Wildman–Crippen LogP) is 1.75. The Morgan fingerprint density at radius 1 is 1.33 bits per heavy atom. The number of carbonyl (C=O) groups excluding carboxylic acids is 1. The number of carboxylic acids is 1. The van der Waals surface area contributed by atoms with E-state index in [0.717, 1.165) is 0 Å². The zero-order chi connectivity index (χ0) is 13.5. The van der Waals surface area contributed by atoms with Gasteiger partial charge >= 0.3 is 5.97 Å². The Bertz CT molecular complexity index is 427. The van der Waals surface area contributed by atoms with Crippen LogP contribution in [0.5, 0.6) is 11.5 Å². The van der Waals surface area contributed by atoms with Crippen LogP contribution in [0.2, 0.25) is 0 Å². The third kappa shape index (κ3) is 3.76. The van der Waals surface area contributed by atoms with E-state index in [9.17, 15) is 9.59 Å². The minimum Gasteiger partial charge on any atom is -0.497 e. The van der Waals surface area contributed by atoms with Gasteiger partial charge in [-0.1, -0.05) is 13.0 Å². The SMILES string of the molecule is CCC(C(=O)O)C(=O)COc1cccc(OC)c1. The summed E-state index contributed by atoms with van der Waals surface area (Å²) in [6.45, 7) is 1.40. The van der Waals surface area contributed by atoms with Gasteiger partial charge in [-0.15, -0.1) is 0 Å². The highest BCUT2D eigenvalue weighted by Crippen LogP contribution is 2.19. The van der Waals surface area contributed by atoms with Crippen LogP contribution in [-0.2, 0) is 9.59 Å². The summed E-state index contributed by atoms with van der Waals surface area (Å²) in [4.78, 5) is 22.4. The van der Waals surface area contributed by atoms with Crippen molar-refractivity contribution in [2.24, 2.45) is 5.92 Å². The number of ketones is 1. The molecule has 0 aromatic heterocycles.